The van der Waals surface area contributed by atoms with Crippen LogP contribution in [0.2, 0.25) is 0 Å². The fraction of sp³-hybridized carbons (Fsp3) is 0.450. The predicted octanol–water partition coefficient (Wildman–Crippen LogP) is 2.05. The number of methoxy groups -OCH3 is 1. The van der Waals surface area contributed by atoms with E-state index >= 15 is 0 Å². The van der Waals surface area contributed by atoms with Crippen LogP contribution in [-0.2, 0) is 0 Å². The standard InChI is InChI=1S/C20H25N5O2/c1-27-17-6-4-16(5-7-17)23-12-14-25(15-13-23)20(26)18-8-9-19(22-21-18)24-10-2-3-11-24/h4-9H,2-3,10-15H2,1H3. The quantitative estimate of drug-likeness (QED) is 0.824. The molecule has 0 atom stereocenters. The Morgan fingerprint density at radius 1 is 0.852 bits per heavy atom. The Morgan fingerprint density at radius 2 is 1.56 bits per heavy atom. The zero-order chi connectivity index (χ0) is 18.6. The Balaban J connectivity index is 1.35. The molecule has 7 nitrogen and oxygen atoms in total. The number of aromatic nitrogens is 2. The second-order valence-corrected chi connectivity index (χ2v) is 6.95. The molecular weight excluding hydrogens is 342 g/mol. The van der Waals surface area contributed by atoms with Crippen molar-refractivity contribution in [2.24, 2.45) is 0 Å². The van der Waals surface area contributed by atoms with Crippen LogP contribution in [0.3, 0.4) is 0 Å². The van der Waals surface area contributed by atoms with Crippen molar-refractivity contribution >= 4 is 17.4 Å². The molecule has 0 N–H and O–H groups in total. The Labute approximate surface area is 159 Å². The molecule has 0 radical (unpaired) electrons. The van der Waals surface area contributed by atoms with Crippen molar-refractivity contribution in [3.63, 3.8) is 0 Å². The summed E-state index contributed by atoms with van der Waals surface area (Å²) in [6, 6.07) is 11.8. The van der Waals surface area contributed by atoms with Crippen molar-refractivity contribution in [3.8, 4) is 5.75 Å². The predicted molar refractivity (Wildman–Crippen MR) is 105 cm³/mol. The molecule has 2 aliphatic rings. The highest BCUT2D eigenvalue weighted by atomic mass is 16.5. The number of rotatable bonds is 4. The number of carbonyl (C=O) groups is 1. The smallest absolute Gasteiger partial charge is 0.274 e. The van der Waals surface area contributed by atoms with E-state index in [0.29, 0.717) is 18.8 Å². The number of benzene rings is 1. The van der Waals surface area contributed by atoms with Crippen LogP contribution in [0.25, 0.3) is 0 Å². The van der Waals surface area contributed by atoms with Gasteiger partial charge in [-0.1, -0.05) is 0 Å². The third-order valence-electron chi connectivity index (χ3n) is 5.30. The van der Waals surface area contributed by atoms with Gasteiger partial charge in [-0.05, 0) is 49.2 Å². The Bertz CT molecular complexity index is 764. The van der Waals surface area contributed by atoms with E-state index in [-0.39, 0.29) is 5.91 Å². The van der Waals surface area contributed by atoms with Gasteiger partial charge in [-0.2, -0.15) is 0 Å². The Kier molecular flexibility index (Phi) is 5.09. The van der Waals surface area contributed by atoms with Crippen molar-refractivity contribution < 1.29 is 9.53 Å². The molecule has 142 valence electrons. The normalized spacial score (nSPS) is 17.3. The lowest BCUT2D eigenvalue weighted by atomic mass is 10.2. The first-order chi connectivity index (χ1) is 13.2. The number of piperazine rings is 1. The fourth-order valence-corrected chi connectivity index (χ4v) is 3.68. The van der Waals surface area contributed by atoms with Crippen molar-refractivity contribution in [2.45, 2.75) is 12.8 Å². The monoisotopic (exact) mass is 367 g/mol. The molecule has 1 aromatic carbocycles. The molecular formula is C20H25N5O2. The number of anilines is 2. The first kappa shape index (κ1) is 17.6. The minimum atomic E-state index is -0.0372. The number of nitrogens with zero attached hydrogens (tertiary/aromatic N) is 5. The maximum atomic E-state index is 12.7. The van der Waals surface area contributed by atoms with Crippen LogP contribution in [0.1, 0.15) is 23.3 Å². The van der Waals surface area contributed by atoms with Crippen molar-refractivity contribution in [1.29, 1.82) is 0 Å². The van der Waals surface area contributed by atoms with E-state index in [0.717, 1.165) is 43.4 Å². The van der Waals surface area contributed by atoms with Gasteiger partial charge in [0.1, 0.15) is 5.75 Å². The second-order valence-electron chi connectivity index (χ2n) is 6.95. The van der Waals surface area contributed by atoms with Gasteiger partial charge < -0.3 is 19.4 Å². The van der Waals surface area contributed by atoms with Crippen LogP contribution in [0, 0.1) is 0 Å². The minimum Gasteiger partial charge on any atom is -0.497 e. The van der Waals surface area contributed by atoms with E-state index in [1.807, 2.05) is 23.1 Å². The van der Waals surface area contributed by atoms with Crippen LogP contribution < -0.4 is 14.5 Å². The van der Waals surface area contributed by atoms with Gasteiger partial charge in [0.2, 0.25) is 0 Å². The molecule has 1 aromatic heterocycles. The lowest BCUT2D eigenvalue weighted by molar-refractivity contribution is 0.0739. The number of carbonyl (C=O) groups excluding carboxylic acids is 1. The average Bonchev–Trinajstić information content (AvgIpc) is 3.28. The maximum absolute atomic E-state index is 12.7. The lowest BCUT2D eigenvalue weighted by Gasteiger charge is -2.36. The number of hydrogen-bond acceptors (Lipinski definition) is 6. The van der Waals surface area contributed by atoms with E-state index in [2.05, 4.69) is 32.1 Å². The SMILES string of the molecule is COc1ccc(N2CCN(C(=O)c3ccc(N4CCCC4)nn3)CC2)cc1. The third-order valence-corrected chi connectivity index (χ3v) is 5.30. The van der Waals surface area contributed by atoms with Crippen molar-refractivity contribution in [2.75, 3.05) is 56.2 Å². The largest absolute Gasteiger partial charge is 0.497 e. The van der Waals surface area contributed by atoms with Crippen LogP contribution in [0.5, 0.6) is 5.75 Å². The molecule has 7 heteroatoms. The molecule has 0 bridgehead atoms. The zero-order valence-electron chi connectivity index (χ0n) is 15.7. The molecule has 27 heavy (non-hydrogen) atoms. The third kappa shape index (κ3) is 3.82. The lowest BCUT2D eigenvalue weighted by Crippen LogP contribution is -2.49. The van der Waals surface area contributed by atoms with Gasteiger partial charge in [0.05, 0.1) is 7.11 Å². The van der Waals surface area contributed by atoms with E-state index in [4.69, 9.17) is 4.74 Å². The molecule has 2 saturated heterocycles. The molecule has 0 saturated carbocycles. The number of ether oxygens (including phenoxy) is 1. The molecule has 0 aliphatic carbocycles. The van der Waals surface area contributed by atoms with Gasteiger partial charge in [0.25, 0.3) is 5.91 Å². The van der Waals surface area contributed by atoms with E-state index in [1.165, 1.54) is 12.8 Å². The summed E-state index contributed by atoms with van der Waals surface area (Å²) in [4.78, 5) is 19.1. The number of hydrogen-bond donors (Lipinski definition) is 0. The Morgan fingerprint density at radius 3 is 2.15 bits per heavy atom. The van der Waals surface area contributed by atoms with Crippen LogP contribution in [-0.4, -0.2) is 67.4 Å². The van der Waals surface area contributed by atoms with Gasteiger partial charge in [0, 0.05) is 45.0 Å². The molecule has 0 spiro atoms. The highest BCUT2D eigenvalue weighted by Crippen LogP contribution is 2.21. The number of amides is 1. The van der Waals surface area contributed by atoms with E-state index in [1.54, 1.807) is 13.2 Å². The van der Waals surface area contributed by atoms with Gasteiger partial charge >= 0.3 is 0 Å². The fourth-order valence-electron chi connectivity index (χ4n) is 3.68. The summed E-state index contributed by atoms with van der Waals surface area (Å²) in [5.74, 6) is 1.68. The average molecular weight is 367 g/mol. The summed E-state index contributed by atoms with van der Waals surface area (Å²) in [5, 5.41) is 8.45. The highest BCUT2D eigenvalue weighted by molar-refractivity contribution is 5.92. The highest BCUT2D eigenvalue weighted by Gasteiger charge is 2.24. The second kappa shape index (κ2) is 7.82. The van der Waals surface area contributed by atoms with Crippen LogP contribution in [0.15, 0.2) is 36.4 Å². The summed E-state index contributed by atoms with van der Waals surface area (Å²) in [5.41, 5.74) is 1.58. The summed E-state index contributed by atoms with van der Waals surface area (Å²) in [6.45, 7) is 5.01. The summed E-state index contributed by atoms with van der Waals surface area (Å²) in [7, 11) is 1.67. The molecule has 4 rings (SSSR count). The summed E-state index contributed by atoms with van der Waals surface area (Å²) < 4.78 is 5.21. The molecule has 3 heterocycles. The molecule has 2 fully saturated rings. The molecule has 2 aliphatic heterocycles. The Hall–Kier alpha value is -2.83. The molecule has 1 amide bonds. The van der Waals surface area contributed by atoms with Crippen molar-refractivity contribution in [1.82, 2.24) is 15.1 Å². The van der Waals surface area contributed by atoms with Gasteiger partial charge in [0.15, 0.2) is 11.5 Å². The first-order valence-electron chi connectivity index (χ1n) is 9.51. The van der Waals surface area contributed by atoms with E-state index < -0.39 is 0 Å². The topological polar surface area (TPSA) is 61.8 Å². The molecule has 0 unspecified atom stereocenters. The molecule has 2 aromatic rings. The van der Waals surface area contributed by atoms with Crippen LogP contribution in [0.4, 0.5) is 11.5 Å². The summed E-state index contributed by atoms with van der Waals surface area (Å²) >= 11 is 0. The van der Waals surface area contributed by atoms with E-state index in [9.17, 15) is 4.79 Å². The first-order valence-corrected chi connectivity index (χ1v) is 9.51. The minimum absolute atomic E-state index is 0.0372. The van der Waals surface area contributed by atoms with Gasteiger partial charge in [-0.25, -0.2) is 0 Å². The van der Waals surface area contributed by atoms with Crippen molar-refractivity contribution in [3.05, 3.63) is 42.1 Å². The zero-order valence-corrected chi connectivity index (χ0v) is 15.7. The summed E-state index contributed by atoms with van der Waals surface area (Å²) in [6.07, 6.45) is 2.39. The van der Waals surface area contributed by atoms with Gasteiger partial charge in [-0.3, -0.25) is 4.79 Å². The van der Waals surface area contributed by atoms with Crippen LogP contribution >= 0.6 is 0 Å². The maximum Gasteiger partial charge on any atom is 0.274 e. The van der Waals surface area contributed by atoms with Gasteiger partial charge in [-0.15, -0.1) is 10.2 Å².